The summed E-state index contributed by atoms with van der Waals surface area (Å²) < 4.78 is 0. The van der Waals surface area contributed by atoms with E-state index in [-0.39, 0.29) is 5.91 Å². The maximum Gasteiger partial charge on any atom is 0.238 e. The summed E-state index contributed by atoms with van der Waals surface area (Å²) in [6.07, 6.45) is 1.15. The summed E-state index contributed by atoms with van der Waals surface area (Å²) in [5, 5.41) is 7.37. The Morgan fingerprint density at radius 2 is 1.91 bits per heavy atom. The highest BCUT2D eigenvalue weighted by atomic mass is 35.5. The molecule has 1 aromatic carbocycles. The number of nitrogens with one attached hydrogen (secondary N) is 2. The average Bonchev–Trinajstić information content (AvgIpc) is 2.90. The van der Waals surface area contributed by atoms with Gasteiger partial charge in [0.1, 0.15) is 0 Å². The van der Waals surface area contributed by atoms with E-state index in [1.54, 1.807) is 12.1 Å². The van der Waals surface area contributed by atoms with E-state index in [0.29, 0.717) is 33.2 Å². The summed E-state index contributed by atoms with van der Waals surface area (Å²) in [4.78, 5) is 14.4. The minimum Gasteiger partial charge on any atom is -0.322 e. The third kappa shape index (κ3) is 3.69. The smallest absolute Gasteiger partial charge is 0.238 e. The summed E-state index contributed by atoms with van der Waals surface area (Å²) in [5.74, 6) is 1.32. The standard InChI is InChI=1S/C15H18Cl3N3O/c16-11-3-12(17)15(13(18)4-11)20-14(22)8-21-2-1-9-5-19-6-10(9)7-21/h3-4,9-10,19H,1-2,5-8H2,(H,20,22). The first kappa shape index (κ1) is 16.3. The van der Waals surface area contributed by atoms with Crippen molar-refractivity contribution in [2.24, 2.45) is 11.8 Å². The van der Waals surface area contributed by atoms with E-state index in [2.05, 4.69) is 15.5 Å². The van der Waals surface area contributed by atoms with Crippen LogP contribution in [0, 0.1) is 11.8 Å². The van der Waals surface area contributed by atoms with Gasteiger partial charge in [-0.05, 0) is 50.0 Å². The van der Waals surface area contributed by atoms with Gasteiger partial charge < -0.3 is 10.6 Å². The van der Waals surface area contributed by atoms with Crippen LogP contribution in [0.5, 0.6) is 0 Å². The lowest BCUT2D eigenvalue weighted by atomic mass is 9.89. The topological polar surface area (TPSA) is 44.4 Å². The van der Waals surface area contributed by atoms with Gasteiger partial charge in [0, 0.05) is 11.6 Å². The van der Waals surface area contributed by atoms with Crippen molar-refractivity contribution in [1.29, 1.82) is 0 Å². The molecule has 0 aliphatic carbocycles. The lowest BCUT2D eigenvalue weighted by molar-refractivity contribution is -0.117. The molecule has 2 heterocycles. The molecule has 7 heteroatoms. The number of carbonyl (C=O) groups is 1. The van der Waals surface area contributed by atoms with Crippen molar-refractivity contribution >= 4 is 46.4 Å². The van der Waals surface area contributed by atoms with Gasteiger partial charge in [0.15, 0.2) is 0 Å². The summed E-state index contributed by atoms with van der Waals surface area (Å²) >= 11 is 18.0. The van der Waals surface area contributed by atoms with Gasteiger partial charge in [-0.1, -0.05) is 34.8 Å². The number of nitrogens with zero attached hydrogens (tertiary/aromatic N) is 1. The lowest BCUT2D eigenvalue weighted by Gasteiger charge is -2.33. The maximum atomic E-state index is 12.2. The quantitative estimate of drug-likeness (QED) is 0.868. The van der Waals surface area contributed by atoms with Crippen LogP contribution >= 0.6 is 34.8 Å². The molecule has 0 radical (unpaired) electrons. The van der Waals surface area contributed by atoms with Gasteiger partial charge in [0.05, 0.1) is 22.3 Å². The molecule has 0 saturated carbocycles. The Bertz CT molecular complexity index is 558. The van der Waals surface area contributed by atoms with Gasteiger partial charge in [-0.25, -0.2) is 0 Å². The average molecular weight is 363 g/mol. The molecule has 2 fully saturated rings. The number of amides is 1. The van der Waals surface area contributed by atoms with Crippen LogP contribution in [-0.4, -0.2) is 43.5 Å². The Morgan fingerprint density at radius 3 is 2.64 bits per heavy atom. The third-order valence-electron chi connectivity index (χ3n) is 4.43. The van der Waals surface area contributed by atoms with Crippen molar-refractivity contribution in [3.05, 3.63) is 27.2 Å². The van der Waals surface area contributed by atoms with Crippen LogP contribution in [0.1, 0.15) is 6.42 Å². The molecule has 2 aliphatic heterocycles. The van der Waals surface area contributed by atoms with Crippen molar-refractivity contribution in [3.8, 4) is 0 Å². The molecule has 0 aromatic heterocycles. The minimum absolute atomic E-state index is 0.101. The van der Waals surface area contributed by atoms with E-state index in [4.69, 9.17) is 34.8 Å². The highest BCUT2D eigenvalue weighted by Gasteiger charge is 2.33. The number of halogens is 3. The van der Waals surface area contributed by atoms with Crippen molar-refractivity contribution in [2.45, 2.75) is 6.42 Å². The first-order chi connectivity index (χ1) is 10.5. The van der Waals surface area contributed by atoms with Gasteiger partial charge >= 0.3 is 0 Å². The molecule has 3 rings (SSSR count). The number of piperidine rings is 1. The Balaban J connectivity index is 1.59. The molecule has 2 aliphatic rings. The lowest BCUT2D eigenvalue weighted by Crippen LogP contribution is -2.43. The fourth-order valence-electron chi connectivity index (χ4n) is 3.30. The van der Waals surface area contributed by atoms with Crippen molar-refractivity contribution in [3.63, 3.8) is 0 Å². The number of hydrogen-bond acceptors (Lipinski definition) is 3. The molecule has 2 N–H and O–H groups in total. The van der Waals surface area contributed by atoms with E-state index < -0.39 is 0 Å². The van der Waals surface area contributed by atoms with Crippen LogP contribution in [0.25, 0.3) is 0 Å². The van der Waals surface area contributed by atoms with E-state index >= 15 is 0 Å². The van der Waals surface area contributed by atoms with Gasteiger partial charge in [0.2, 0.25) is 5.91 Å². The van der Waals surface area contributed by atoms with Gasteiger partial charge in [-0.3, -0.25) is 9.69 Å². The molecule has 120 valence electrons. The second-order valence-corrected chi connectivity index (χ2v) is 7.25. The normalized spacial score (nSPS) is 25.0. The molecule has 2 saturated heterocycles. The molecular weight excluding hydrogens is 345 g/mol. The van der Waals surface area contributed by atoms with E-state index in [1.165, 1.54) is 0 Å². The fraction of sp³-hybridized carbons (Fsp3) is 0.533. The number of hydrogen-bond donors (Lipinski definition) is 2. The predicted molar refractivity (Wildman–Crippen MR) is 91.0 cm³/mol. The Hall–Kier alpha value is -0.520. The molecule has 2 unspecified atom stereocenters. The van der Waals surface area contributed by atoms with Crippen molar-refractivity contribution < 1.29 is 4.79 Å². The highest BCUT2D eigenvalue weighted by molar-refractivity contribution is 6.42. The fourth-order valence-corrected chi connectivity index (χ4v) is 4.21. The second-order valence-electron chi connectivity index (χ2n) is 5.99. The zero-order valence-corrected chi connectivity index (χ0v) is 14.3. The number of likely N-dealkylation sites (tertiary alicyclic amines) is 1. The number of fused-ring (bicyclic) bond motifs is 1. The van der Waals surface area contributed by atoms with Crippen molar-refractivity contribution in [2.75, 3.05) is 38.0 Å². The van der Waals surface area contributed by atoms with E-state index in [9.17, 15) is 4.79 Å². The molecule has 2 atom stereocenters. The van der Waals surface area contributed by atoms with E-state index in [1.807, 2.05) is 0 Å². The molecule has 0 bridgehead atoms. The van der Waals surface area contributed by atoms with Crippen LogP contribution in [0.4, 0.5) is 5.69 Å². The van der Waals surface area contributed by atoms with Gasteiger partial charge in [0.25, 0.3) is 0 Å². The summed E-state index contributed by atoms with van der Waals surface area (Å²) in [7, 11) is 0. The van der Waals surface area contributed by atoms with Gasteiger partial charge in [-0.15, -0.1) is 0 Å². The third-order valence-corrected chi connectivity index (χ3v) is 5.24. The Labute approximate surface area is 145 Å². The number of benzene rings is 1. The Kier molecular flexibility index (Phi) is 5.15. The van der Waals surface area contributed by atoms with Crippen LogP contribution < -0.4 is 10.6 Å². The van der Waals surface area contributed by atoms with Crippen molar-refractivity contribution in [1.82, 2.24) is 10.2 Å². The SMILES string of the molecule is O=C(CN1CCC2CNCC2C1)Nc1c(Cl)cc(Cl)cc1Cl. The second kappa shape index (κ2) is 6.93. The van der Waals surface area contributed by atoms with E-state index in [0.717, 1.165) is 38.5 Å². The molecule has 22 heavy (non-hydrogen) atoms. The number of carbonyl (C=O) groups excluding carboxylic acids is 1. The monoisotopic (exact) mass is 361 g/mol. The Morgan fingerprint density at radius 1 is 1.23 bits per heavy atom. The van der Waals surface area contributed by atoms with Crippen LogP contribution in [-0.2, 0) is 4.79 Å². The van der Waals surface area contributed by atoms with Crippen LogP contribution in [0.15, 0.2) is 12.1 Å². The summed E-state index contributed by atoms with van der Waals surface area (Å²) in [5.41, 5.74) is 0.426. The maximum absolute atomic E-state index is 12.2. The summed E-state index contributed by atoms with van der Waals surface area (Å²) in [6, 6.07) is 3.14. The zero-order chi connectivity index (χ0) is 15.7. The van der Waals surface area contributed by atoms with Crippen LogP contribution in [0.3, 0.4) is 0 Å². The van der Waals surface area contributed by atoms with Crippen LogP contribution in [0.2, 0.25) is 15.1 Å². The largest absolute Gasteiger partial charge is 0.322 e. The molecular formula is C15H18Cl3N3O. The number of anilines is 1. The molecule has 0 spiro atoms. The summed E-state index contributed by atoms with van der Waals surface area (Å²) in [6.45, 7) is 4.45. The predicted octanol–water partition coefficient (Wildman–Crippen LogP) is 3.13. The van der Waals surface area contributed by atoms with Gasteiger partial charge in [-0.2, -0.15) is 0 Å². The zero-order valence-electron chi connectivity index (χ0n) is 12.0. The highest BCUT2D eigenvalue weighted by Crippen LogP contribution is 2.33. The molecule has 4 nitrogen and oxygen atoms in total. The molecule has 1 amide bonds. The first-order valence-corrected chi connectivity index (χ1v) is 8.54. The molecule has 1 aromatic rings. The number of rotatable bonds is 3. The minimum atomic E-state index is -0.101. The first-order valence-electron chi connectivity index (χ1n) is 7.40.